The lowest BCUT2D eigenvalue weighted by atomic mass is 10.0. The zero-order valence-corrected chi connectivity index (χ0v) is 11.6. The van der Waals surface area contributed by atoms with Crippen molar-refractivity contribution in [3.05, 3.63) is 44.2 Å². The van der Waals surface area contributed by atoms with Gasteiger partial charge in [0.05, 0.1) is 11.1 Å². The zero-order chi connectivity index (χ0) is 13.4. The van der Waals surface area contributed by atoms with Crippen LogP contribution in [0.1, 0.15) is 22.8 Å². The number of carbonyl (C=O) groups is 1. The maximum absolute atomic E-state index is 11.8. The summed E-state index contributed by atoms with van der Waals surface area (Å²) >= 11 is 3.37. The van der Waals surface area contributed by atoms with Crippen LogP contribution in [0.2, 0.25) is 0 Å². The largest absolute Gasteiger partial charge is 0.478 e. The Morgan fingerprint density at radius 3 is 2.61 bits per heavy atom. The van der Waals surface area contributed by atoms with Gasteiger partial charge in [-0.05, 0) is 24.1 Å². The fourth-order valence-corrected chi connectivity index (χ4v) is 2.62. The summed E-state index contributed by atoms with van der Waals surface area (Å²) in [5.74, 6) is -1.09. The molecule has 0 saturated carbocycles. The van der Waals surface area contributed by atoms with Crippen LogP contribution in [0.5, 0.6) is 0 Å². The van der Waals surface area contributed by atoms with Crippen LogP contribution in [0.3, 0.4) is 0 Å². The van der Waals surface area contributed by atoms with Crippen LogP contribution < -0.4 is 5.56 Å². The third kappa shape index (κ3) is 1.95. The monoisotopic (exact) mass is 309 g/mol. The van der Waals surface area contributed by atoms with Crippen LogP contribution in [0.15, 0.2) is 27.5 Å². The van der Waals surface area contributed by atoms with Gasteiger partial charge in [0.25, 0.3) is 5.56 Å². The van der Waals surface area contributed by atoms with Crippen molar-refractivity contribution in [3.8, 4) is 0 Å². The van der Waals surface area contributed by atoms with Gasteiger partial charge in [0.2, 0.25) is 0 Å². The molecule has 0 atom stereocenters. The summed E-state index contributed by atoms with van der Waals surface area (Å²) in [5.41, 5.74) is 1.37. The Balaban J connectivity index is 3.07. The Morgan fingerprint density at radius 2 is 2.06 bits per heavy atom. The van der Waals surface area contributed by atoms with Crippen molar-refractivity contribution in [2.75, 3.05) is 0 Å². The van der Waals surface area contributed by atoms with Crippen LogP contribution in [0.25, 0.3) is 10.9 Å². The Kier molecular flexibility index (Phi) is 3.26. The number of aromatic nitrogens is 1. The first-order valence-electron chi connectivity index (χ1n) is 5.51. The number of halogens is 1. The fourth-order valence-electron chi connectivity index (χ4n) is 2.11. The molecule has 4 nitrogen and oxygen atoms in total. The van der Waals surface area contributed by atoms with Gasteiger partial charge in [-0.25, -0.2) is 4.79 Å². The smallest absolute Gasteiger partial charge is 0.336 e. The summed E-state index contributed by atoms with van der Waals surface area (Å²) in [5, 5.41) is 9.77. The first-order valence-corrected chi connectivity index (χ1v) is 6.30. The lowest BCUT2D eigenvalue weighted by molar-refractivity contribution is 0.0699. The van der Waals surface area contributed by atoms with Crippen LogP contribution in [0, 0.1) is 0 Å². The number of carboxylic acids is 1. The number of rotatable bonds is 2. The van der Waals surface area contributed by atoms with E-state index >= 15 is 0 Å². The highest BCUT2D eigenvalue weighted by atomic mass is 79.9. The minimum Gasteiger partial charge on any atom is -0.478 e. The normalized spacial score (nSPS) is 10.8. The zero-order valence-electron chi connectivity index (χ0n) is 10.0. The molecular weight excluding hydrogens is 298 g/mol. The fraction of sp³-hybridized carbons (Fsp3) is 0.231. The summed E-state index contributed by atoms with van der Waals surface area (Å²) in [7, 11) is 1.66. The summed E-state index contributed by atoms with van der Waals surface area (Å²) in [6, 6.07) is 4.81. The third-order valence-corrected chi connectivity index (χ3v) is 3.45. The molecule has 0 spiro atoms. The van der Waals surface area contributed by atoms with E-state index in [-0.39, 0.29) is 11.1 Å². The van der Waals surface area contributed by atoms with Gasteiger partial charge < -0.3 is 9.67 Å². The first kappa shape index (κ1) is 12.8. The lowest BCUT2D eigenvalue weighted by Gasteiger charge is -2.12. The number of fused-ring (bicyclic) bond motifs is 1. The number of carboxylic acid groups (broad SMARTS) is 1. The molecule has 0 radical (unpaired) electrons. The molecule has 1 heterocycles. The molecule has 0 aliphatic heterocycles. The quantitative estimate of drug-likeness (QED) is 0.927. The van der Waals surface area contributed by atoms with Gasteiger partial charge in [0.15, 0.2) is 0 Å². The van der Waals surface area contributed by atoms with Gasteiger partial charge >= 0.3 is 5.97 Å². The highest BCUT2D eigenvalue weighted by Crippen LogP contribution is 2.26. The predicted octanol–water partition coefficient (Wildman–Crippen LogP) is 2.56. The number of aryl methyl sites for hydroxylation is 2. The molecule has 0 amide bonds. The van der Waals surface area contributed by atoms with E-state index in [0.717, 1.165) is 22.5 Å². The van der Waals surface area contributed by atoms with E-state index in [2.05, 4.69) is 15.9 Å². The second kappa shape index (κ2) is 4.57. The standard InChI is InChI=1S/C13H12BrNO3/c1-3-7-4-8(14)5-9-10(13(17)18)6-11(16)15(2)12(7)9/h4-6H,3H2,1-2H3,(H,17,18). The van der Waals surface area contributed by atoms with Gasteiger partial charge in [0.1, 0.15) is 0 Å². The van der Waals surface area contributed by atoms with E-state index in [0.29, 0.717) is 10.9 Å². The first-order chi connectivity index (χ1) is 8.45. The van der Waals surface area contributed by atoms with Gasteiger partial charge in [-0.15, -0.1) is 0 Å². The molecule has 2 rings (SSSR count). The molecule has 0 fully saturated rings. The number of aromatic carboxylic acids is 1. The molecular formula is C13H12BrNO3. The van der Waals surface area contributed by atoms with E-state index in [9.17, 15) is 14.7 Å². The van der Waals surface area contributed by atoms with Gasteiger partial charge in [-0.2, -0.15) is 0 Å². The Morgan fingerprint density at radius 1 is 1.39 bits per heavy atom. The Bertz CT molecular complexity index is 703. The highest BCUT2D eigenvalue weighted by Gasteiger charge is 2.15. The van der Waals surface area contributed by atoms with Gasteiger partial charge in [-0.3, -0.25) is 4.79 Å². The van der Waals surface area contributed by atoms with E-state index in [1.165, 1.54) is 4.57 Å². The molecule has 0 bridgehead atoms. The van der Waals surface area contributed by atoms with Gasteiger partial charge in [0, 0.05) is 23.0 Å². The van der Waals surface area contributed by atoms with E-state index in [1.54, 1.807) is 13.1 Å². The molecule has 1 N–H and O–H groups in total. The molecule has 94 valence electrons. The molecule has 0 aliphatic rings. The Labute approximate surface area is 112 Å². The summed E-state index contributed by atoms with van der Waals surface area (Å²) in [6.07, 6.45) is 0.728. The van der Waals surface area contributed by atoms with E-state index < -0.39 is 5.97 Å². The minimum atomic E-state index is -1.09. The van der Waals surface area contributed by atoms with Crippen molar-refractivity contribution < 1.29 is 9.90 Å². The summed E-state index contributed by atoms with van der Waals surface area (Å²) in [6.45, 7) is 1.97. The van der Waals surface area contributed by atoms with E-state index in [1.807, 2.05) is 13.0 Å². The molecule has 2 aromatic rings. The number of pyridine rings is 1. The lowest BCUT2D eigenvalue weighted by Crippen LogP contribution is -2.19. The van der Waals surface area contributed by atoms with Crippen molar-refractivity contribution in [1.82, 2.24) is 4.57 Å². The molecule has 5 heteroatoms. The van der Waals surface area contributed by atoms with Crippen molar-refractivity contribution in [2.45, 2.75) is 13.3 Å². The van der Waals surface area contributed by atoms with E-state index in [4.69, 9.17) is 0 Å². The molecule has 0 aliphatic carbocycles. The molecule has 0 unspecified atom stereocenters. The number of nitrogens with zero attached hydrogens (tertiary/aromatic N) is 1. The number of hydrogen-bond donors (Lipinski definition) is 1. The van der Waals surface area contributed by atoms with Crippen molar-refractivity contribution in [2.24, 2.45) is 7.05 Å². The van der Waals surface area contributed by atoms with Crippen LogP contribution in [-0.2, 0) is 13.5 Å². The van der Waals surface area contributed by atoms with Crippen molar-refractivity contribution in [1.29, 1.82) is 0 Å². The maximum atomic E-state index is 11.8. The number of hydrogen-bond acceptors (Lipinski definition) is 2. The average Bonchev–Trinajstić information content (AvgIpc) is 2.32. The summed E-state index contributed by atoms with van der Waals surface area (Å²) < 4.78 is 2.31. The van der Waals surface area contributed by atoms with Crippen LogP contribution in [0.4, 0.5) is 0 Å². The third-order valence-electron chi connectivity index (χ3n) is 2.99. The second-order valence-corrected chi connectivity index (χ2v) is 4.99. The molecule has 0 saturated heterocycles. The maximum Gasteiger partial charge on any atom is 0.336 e. The SMILES string of the molecule is CCc1cc(Br)cc2c(C(=O)O)cc(=O)n(C)c12. The molecule has 1 aromatic carbocycles. The summed E-state index contributed by atoms with van der Waals surface area (Å²) in [4.78, 5) is 23.0. The van der Waals surface area contributed by atoms with Crippen molar-refractivity contribution in [3.63, 3.8) is 0 Å². The Hall–Kier alpha value is -1.62. The molecule has 1 aromatic heterocycles. The van der Waals surface area contributed by atoms with Gasteiger partial charge in [-0.1, -0.05) is 22.9 Å². The minimum absolute atomic E-state index is 0.0455. The highest BCUT2D eigenvalue weighted by molar-refractivity contribution is 9.10. The average molecular weight is 310 g/mol. The van der Waals surface area contributed by atoms with Crippen LogP contribution in [-0.4, -0.2) is 15.6 Å². The predicted molar refractivity (Wildman–Crippen MR) is 73.2 cm³/mol. The number of benzene rings is 1. The second-order valence-electron chi connectivity index (χ2n) is 4.08. The van der Waals surface area contributed by atoms with Crippen molar-refractivity contribution >= 4 is 32.8 Å². The molecule has 18 heavy (non-hydrogen) atoms. The topological polar surface area (TPSA) is 59.3 Å². The van der Waals surface area contributed by atoms with Crippen LogP contribution >= 0.6 is 15.9 Å².